The molecular formula is C28H29F3N6OS. The molecule has 204 valence electrons. The molecule has 0 radical (unpaired) electrons. The highest BCUT2D eigenvalue weighted by molar-refractivity contribution is 8.00. The summed E-state index contributed by atoms with van der Waals surface area (Å²) in [4.78, 5) is 11.7. The number of aromatic nitrogens is 4. The van der Waals surface area contributed by atoms with Crippen LogP contribution in [0.3, 0.4) is 0 Å². The van der Waals surface area contributed by atoms with Crippen LogP contribution in [0.15, 0.2) is 59.8 Å². The van der Waals surface area contributed by atoms with Crippen LogP contribution in [-0.2, 0) is 7.05 Å². The van der Waals surface area contributed by atoms with E-state index >= 15 is 4.39 Å². The first-order chi connectivity index (χ1) is 18.8. The smallest absolute Gasteiger partial charge is 0.271 e. The zero-order valence-electron chi connectivity index (χ0n) is 21.9. The van der Waals surface area contributed by atoms with Crippen LogP contribution in [-0.4, -0.2) is 44.8 Å². The van der Waals surface area contributed by atoms with Crippen molar-refractivity contribution in [3.8, 4) is 22.9 Å². The standard InChI is InChI=1S/C28H29F3N6OS/c1-17-6-4-5-7-21(17)25-24(26(30)31)27(34-28(33-25)35-39-20-15-32-37(3)16-20)38-23-9-8-19(14-22(23)29)18-10-12-36(2)13-11-18/h4-9,14-16,18,26H,10-13H2,1-3H3,(H,33,34,35). The average molecular weight is 555 g/mol. The van der Waals surface area contributed by atoms with Crippen LogP contribution in [0.25, 0.3) is 11.3 Å². The largest absolute Gasteiger partial charge is 0.435 e. The topological polar surface area (TPSA) is 68.1 Å². The van der Waals surface area contributed by atoms with Crippen molar-refractivity contribution in [2.24, 2.45) is 7.05 Å². The summed E-state index contributed by atoms with van der Waals surface area (Å²) in [6, 6.07) is 11.8. The van der Waals surface area contributed by atoms with Crippen molar-refractivity contribution >= 4 is 17.9 Å². The number of hydrogen-bond acceptors (Lipinski definition) is 7. The fourth-order valence-corrected chi connectivity index (χ4v) is 5.27. The van der Waals surface area contributed by atoms with Crippen LogP contribution in [0.1, 0.15) is 41.9 Å². The van der Waals surface area contributed by atoms with E-state index in [-0.39, 0.29) is 23.3 Å². The Bertz CT molecular complexity index is 1460. The van der Waals surface area contributed by atoms with Crippen LogP contribution in [0.2, 0.25) is 0 Å². The molecule has 1 aliphatic heterocycles. The maximum Gasteiger partial charge on any atom is 0.271 e. The second-order valence-electron chi connectivity index (χ2n) is 9.65. The van der Waals surface area contributed by atoms with Crippen LogP contribution >= 0.6 is 11.9 Å². The Balaban J connectivity index is 1.52. The predicted molar refractivity (Wildman–Crippen MR) is 146 cm³/mol. The van der Waals surface area contributed by atoms with E-state index in [4.69, 9.17) is 4.74 Å². The molecule has 5 rings (SSSR count). The molecule has 2 aromatic heterocycles. The first-order valence-corrected chi connectivity index (χ1v) is 13.4. The first-order valence-electron chi connectivity index (χ1n) is 12.6. The number of benzene rings is 2. The molecule has 0 bridgehead atoms. The minimum Gasteiger partial charge on any atom is -0.435 e. The molecule has 1 aliphatic rings. The van der Waals surface area contributed by atoms with Gasteiger partial charge in [-0.2, -0.15) is 10.1 Å². The summed E-state index contributed by atoms with van der Waals surface area (Å²) in [5.41, 5.74) is 1.66. The fraction of sp³-hybridized carbons (Fsp3) is 0.321. The summed E-state index contributed by atoms with van der Waals surface area (Å²) in [5.74, 6) is -0.910. The summed E-state index contributed by atoms with van der Waals surface area (Å²) in [5, 5.41) is 4.12. The number of anilines is 1. The summed E-state index contributed by atoms with van der Waals surface area (Å²) in [6.45, 7) is 3.70. The van der Waals surface area contributed by atoms with Gasteiger partial charge >= 0.3 is 0 Å². The van der Waals surface area contributed by atoms with E-state index < -0.39 is 23.7 Å². The van der Waals surface area contributed by atoms with Gasteiger partial charge in [-0.1, -0.05) is 30.3 Å². The Morgan fingerprint density at radius 3 is 2.51 bits per heavy atom. The molecule has 1 saturated heterocycles. The summed E-state index contributed by atoms with van der Waals surface area (Å²) in [6.07, 6.45) is 2.33. The number of nitrogens with one attached hydrogen (secondary N) is 1. The Labute approximate surface area is 229 Å². The number of halogens is 3. The average Bonchev–Trinajstić information content (AvgIpc) is 3.34. The number of alkyl halides is 2. The molecule has 1 fully saturated rings. The molecule has 0 atom stereocenters. The van der Waals surface area contributed by atoms with Crippen molar-refractivity contribution in [1.29, 1.82) is 0 Å². The van der Waals surface area contributed by atoms with Crippen molar-refractivity contribution < 1.29 is 17.9 Å². The zero-order chi connectivity index (χ0) is 27.5. The lowest BCUT2D eigenvalue weighted by Gasteiger charge is -2.29. The minimum absolute atomic E-state index is 0.0192. The van der Waals surface area contributed by atoms with Gasteiger partial charge in [0.05, 0.1) is 16.8 Å². The summed E-state index contributed by atoms with van der Waals surface area (Å²) in [7, 11) is 3.85. The van der Waals surface area contributed by atoms with Gasteiger partial charge in [0.1, 0.15) is 5.56 Å². The summed E-state index contributed by atoms with van der Waals surface area (Å²) < 4.78 is 54.7. The van der Waals surface area contributed by atoms with Gasteiger partial charge in [0.25, 0.3) is 6.43 Å². The fourth-order valence-electron chi connectivity index (χ4n) is 4.67. The van der Waals surface area contributed by atoms with Gasteiger partial charge in [0.15, 0.2) is 11.6 Å². The van der Waals surface area contributed by atoms with Gasteiger partial charge in [-0.3, -0.25) is 9.40 Å². The van der Waals surface area contributed by atoms with Crippen molar-refractivity contribution in [2.45, 2.75) is 37.0 Å². The van der Waals surface area contributed by atoms with E-state index in [2.05, 4.69) is 31.7 Å². The SMILES string of the molecule is Cc1ccccc1-c1nc(NSc2cnn(C)c2)nc(Oc2ccc(C3CCN(C)CC3)cc2F)c1C(F)F. The molecule has 0 amide bonds. The Morgan fingerprint density at radius 2 is 1.85 bits per heavy atom. The van der Waals surface area contributed by atoms with Gasteiger partial charge in [0.2, 0.25) is 11.8 Å². The van der Waals surface area contributed by atoms with Gasteiger partial charge in [-0.25, -0.2) is 18.2 Å². The van der Waals surface area contributed by atoms with Gasteiger partial charge in [0, 0.05) is 18.8 Å². The molecule has 0 unspecified atom stereocenters. The van der Waals surface area contributed by atoms with E-state index in [1.54, 1.807) is 42.3 Å². The molecule has 0 aliphatic carbocycles. The molecule has 7 nitrogen and oxygen atoms in total. The van der Waals surface area contributed by atoms with Gasteiger partial charge in [-0.15, -0.1) is 0 Å². The number of likely N-dealkylation sites (tertiary alicyclic amines) is 1. The minimum atomic E-state index is -2.96. The zero-order valence-corrected chi connectivity index (χ0v) is 22.7. The number of nitrogens with zero attached hydrogens (tertiary/aromatic N) is 5. The molecule has 3 heterocycles. The van der Waals surface area contributed by atoms with Crippen LogP contribution in [0, 0.1) is 12.7 Å². The van der Waals surface area contributed by atoms with Crippen molar-refractivity contribution in [3.63, 3.8) is 0 Å². The highest BCUT2D eigenvalue weighted by Crippen LogP contribution is 2.41. The normalized spacial score (nSPS) is 14.6. The summed E-state index contributed by atoms with van der Waals surface area (Å²) >= 11 is 1.17. The number of ether oxygens (including phenoxy) is 1. The van der Waals surface area contributed by atoms with E-state index in [0.717, 1.165) is 42.0 Å². The molecule has 2 aromatic carbocycles. The second kappa shape index (κ2) is 11.7. The van der Waals surface area contributed by atoms with Crippen LogP contribution in [0.5, 0.6) is 11.6 Å². The Morgan fingerprint density at radius 1 is 1.08 bits per heavy atom. The van der Waals surface area contributed by atoms with Gasteiger partial charge in [-0.05, 0) is 81.0 Å². The van der Waals surface area contributed by atoms with E-state index in [1.165, 1.54) is 24.1 Å². The second-order valence-corrected chi connectivity index (χ2v) is 10.5. The lowest BCUT2D eigenvalue weighted by Crippen LogP contribution is -2.29. The molecule has 11 heteroatoms. The molecule has 0 saturated carbocycles. The highest BCUT2D eigenvalue weighted by Gasteiger charge is 2.27. The quantitative estimate of drug-likeness (QED) is 0.236. The number of piperidine rings is 1. The maximum absolute atomic E-state index is 15.3. The highest BCUT2D eigenvalue weighted by atomic mass is 32.2. The molecule has 0 spiro atoms. The molecular weight excluding hydrogens is 525 g/mol. The third-order valence-corrected chi connectivity index (χ3v) is 7.55. The van der Waals surface area contributed by atoms with Crippen LogP contribution < -0.4 is 9.46 Å². The lowest BCUT2D eigenvalue weighted by atomic mass is 9.89. The van der Waals surface area contributed by atoms with Crippen molar-refractivity contribution in [2.75, 3.05) is 24.9 Å². The van der Waals surface area contributed by atoms with E-state index in [0.29, 0.717) is 5.56 Å². The number of hydrogen-bond donors (Lipinski definition) is 1. The first kappa shape index (κ1) is 27.0. The van der Waals surface area contributed by atoms with Crippen molar-refractivity contribution in [3.05, 3.63) is 77.4 Å². The molecule has 39 heavy (non-hydrogen) atoms. The number of aryl methyl sites for hydroxylation is 2. The lowest BCUT2D eigenvalue weighted by molar-refractivity contribution is 0.147. The monoisotopic (exact) mass is 554 g/mol. The molecule has 4 aromatic rings. The van der Waals surface area contributed by atoms with E-state index in [1.807, 2.05) is 19.1 Å². The molecule has 1 N–H and O–H groups in total. The van der Waals surface area contributed by atoms with Gasteiger partial charge < -0.3 is 9.64 Å². The van der Waals surface area contributed by atoms with E-state index in [9.17, 15) is 8.78 Å². The van der Waals surface area contributed by atoms with Crippen molar-refractivity contribution in [1.82, 2.24) is 24.6 Å². The Kier molecular flexibility index (Phi) is 8.08. The maximum atomic E-state index is 15.3. The Hall–Kier alpha value is -3.57. The number of rotatable bonds is 8. The predicted octanol–water partition coefficient (Wildman–Crippen LogP) is 6.98. The third-order valence-electron chi connectivity index (χ3n) is 6.82. The third kappa shape index (κ3) is 6.20. The van der Waals surface area contributed by atoms with Crippen LogP contribution in [0.4, 0.5) is 19.1 Å².